The monoisotopic (exact) mass is 321 g/mol. The van der Waals surface area contributed by atoms with Gasteiger partial charge in [-0.05, 0) is 55.8 Å². The molecule has 0 aliphatic carbocycles. The largest absolute Gasteiger partial charge is 0.459 e. The van der Waals surface area contributed by atoms with E-state index in [0.29, 0.717) is 6.04 Å². The SMILES string of the molecule is CCNC(CC)c1ccc(-c2ccc(Br)cc2C)o1. The standard InChI is InChI=1S/C16H20BrNO/c1-4-14(18-5-2)16-9-8-15(19-16)13-7-6-12(17)10-11(13)3/h6-10,14,18H,4-5H2,1-3H3. The third kappa shape index (κ3) is 3.28. The van der Waals surface area contributed by atoms with Gasteiger partial charge in [0.05, 0.1) is 6.04 Å². The highest BCUT2D eigenvalue weighted by molar-refractivity contribution is 9.10. The minimum atomic E-state index is 0.300. The highest BCUT2D eigenvalue weighted by Crippen LogP contribution is 2.30. The number of benzene rings is 1. The van der Waals surface area contributed by atoms with Gasteiger partial charge in [-0.15, -0.1) is 0 Å². The lowest BCUT2D eigenvalue weighted by Gasteiger charge is -2.12. The molecule has 1 aromatic carbocycles. The quantitative estimate of drug-likeness (QED) is 0.830. The normalized spacial score (nSPS) is 12.6. The molecule has 1 atom stereocenters. The summed E-state index contributed by atoms with van der Waals surface area (Å²) in [7, 11) is 0. The molecule has 0 saturated heterocycles. The summed E-state index contributed by atoms with van der Waals surface area (Å²) in [4.78, 5) is 0. The predicted molar refractivity (Wildman–Crippen MR) is 83.3 cm³/mol. The van der Waals surface area contributed by atoms with Gasteiger partial charge in [-0.3, -0.25) is 0 Å². The lowest BCUT2D eigenvalue weighted by atomic mass is 10.1. The van der Waals surface area contributed by atoms with Crippen LogP contribution in [0.4, 0.5) is 0 Å². The molecule has 0 aliphatic heterocycles. The molecule has 1 unspecified atom stereocenters. The zero-order valence-electron chi connectivity index (χ0n) is 11.7. The van der Waals surface area contributed by atoms with E-state index in [1.807, 2.05) is 6.07 Å². The van der Waals surface area contributed by atoms with E-state index in [9.17, 15) is 0 Å². The van der Waals surface area contributed by atoms with Crippen LogP contribution in [-0.4, -0.2) is 6.54 Å². The van der Waals surface area contributed by atoms with Crippen molar-refractivity contribution < 1.29 is 4.42 Å². The molecule has 0 amide bonds. The molecule has 1 heterocycles. The average molecular weight is 322 g/mol. The van der Waals surface area contributed by atoms with Crippen LogP contribution in [0.2, 0.25) is 0 Å². The smallest absolute Gasteiger partial charge is 0.134 e. The van der Waals surface area contributed by atoms with Crippen LogP contribution in [0.25, 0.3) is 11.3 Å². The van der Waals surface area contributed by atoms with E-state index in [0.717, 1.165) is 34.5 Å². The summed E-state index contributed by atoms with van der Waals surface area (Å²) in [6, 6.07) is 10.7. The van der Waals surface area contributed by atoms with Crippen LogP contribution in [0.1, 0.15) is 37.6 Å². The molecule has 0 saturated carbocycles. The molecule has 0 aliphatic rings. The number of hydrogen-bond donors (Lipinski definition) is 1. The number of halogens is 1. The zero-order valence-corrected chi connectivity index (χ0v) is 13.3. The summed E-state index contributed by atoms with van der Waals surface area (Å²) in [5.74, 6) is 1.96. The Labute approximate surface area is 123 Å². The zero-order chi connectivity index (χ0) is 13.8. The summed E-state index contributed by atoms with van der Waals surface area (Å²) in [5.41, 5.74) is 2.37. The van der Waals surface area contributed by atoms with Gasteiger partial charge >= 0.3 is 0 Å². The molecule has 0 radical (unpaired) electrons. The van der Waals surface area contributed by atoms with E-state index in [1.165, 1.54) is 5.56 Å². The van der Waals surface area contributed by atoms with Crippen LogP contribution < -0.4 is 5.32 Å². The third-order valence-corrected chi connectivity index (χ3v) is 3.78. The third-order valence-electron chi connectivity index (χ3n) is 3.28. The summed E-state index contributed by atoms with van der Waals surface area (Å²) in [5, 5.41) is 3.44. The van der Waals surface area contributed by atoms with Crippen LogP contribution in [0.3, 0.4) is 0 Å². The van der Waals surface area contributed by atoms with E-state index in [1.54, 1.807) is 0 Å². The van der Waals surface area contributed by atoms with Crippen LogP contribution >= 0.6 is 15.9 Å². The number of hydrogen-bond acceptors (Lipinski definition) is 2. The molecule has 3 heteroatoms. The topological polar surface area (TPSA) is 25.2 Å². The van der Waals surface area contributed by atoms with Crippen molar-refractivity contribution >= 4 is 15.9 Å². The maximum Gasteiger partial charge on any atom is 0.134 e. The fraction of sp³-hybridized carbons (Fsp3) is 0.375. The average Bonchev–Trinajstić information content (AvgIpc) is 2.85. The molecule has 1 aromatic heterocycles. The number of furan rings is 1. The van der Waals surface area contributed by atoms with Crippen molar-refractivity contribution in [1.82, 2.24) is 5.32 Å². The number of aryl methyl sites for hydroxylation is 1. The van der Waals surface area contributed by atoms with Crippen LogP contribution in [0, 0.1) is 6.92 Å². The maximum absolute atomic E-state index is 6.02. The van der Waals surface area contributed by atoms with Crippen molar-refractivity contribution in [3.8, 4) is 11.3 Å². The summed E-state index contributed by atoms with van der Waals surface area (Å²) < 4.78 is 7.12. The van der Waals surface area contributed by atoms with Gasteiger partial charge in [0, 0.05) is 10.0 Å². The first-order chi connectivity index (χ1) is 9.15. The van der Waals surface area contributed by atoms with Gasteiger partial charge < -0.3 is 9.73 Å². The first-order valence-corrected chi connectivity index (χ1v) is 7.54. The minimum absolute atomic E-state index is 0.300. The van der Waals surface area contributed by atoms with Crippen LogP contribution in [0.15, 0.2) is 39.2 Å². The van der Waals surface area contributed by atoms with Crippen molar-refractivity contribution in [1.29, 1.82) is 0 Å². The molecular formula is C16H20BrNO. The summed E-state index contributed by atoms with van der Waals surface area (Å²) >= 11 is 3.49. The Hall–Kier alpha value is -1.06. The Morgan fingerprint density at radius 1 is 1.21 bits per heavy atom. The number of rotatable bonds is 5. The van der Waals surface area contributed by atoms with Gasteiger partial charge in [-0.25, -0.2) is 0 Å². The Kier molecular flexibility index (Phi) is 4.83. The van der Waals surface area contributed by atoms with Crippen molar-refractivity contribution in [2.45, 2.75) is 33.2 Å². The van der Waals surface area contributed by atoms with E-state index >= 15 is 0 Å². The second-order valence-electron chi connectivity index (χ2n) is 4.68. The predicted octanol–water partition coefficient (Wildman–Crippen LogP) is 5.08. The van der Waals surface area contributed by atoms with E-state index in [4.69, 9.17) is 4.42 Å². The highest BCUT2D eigenvalue weighted by atomic mass is 79.9. The molecule has 19 heavy (non-hydrogen) atoms. The van der Waals surface area contributed by atoms with Crippen LogP contribution in [0.5, 0.6) is 0 Å². The molecule has 2 nitrogen and oxygen atoms in total. The second kappa shape index (κ2) is 6.40. The van der Waals surface area contributed by atoms with Gasteiger partial charge in [-0.1, -0.05) is 29.8 Å². The van der Waals surface area contributed by atoms with E-state index < -0.39 is 0 Å². The fourth-order valence-electron chi connectivity index (χ4n) is 2.28. The van der Waals surface area contributed by atoms with Gasteiger partial charge in [0.2, 0.25) is 0 Å². The highest BCUT2D eigenvalue weighted by Gasteiger charge is 2.14. The molecule has 102 valence electrons. The van der Waals surface area contributed by atoms with Gasteiger partial charge in [-0.2, -0.15) is 0 Å². The first kappa shape index (κ1) is 14.4. The van der Waals surface area contributed by atoms with Crippen molar-refractivity contribution in [2.24, 2.45) is 0 Å². The lowest BCUT2D eigenvalue weighted by Crippen LogP contribution is -2.19. The van der Waals surface area contributed by atoms with E-state index in [2.05, 4.69) is 66.3 Å². The maximum atomic E-state index is 6.02. The second-order valence-corrected chi connectivity index (χ2v) is 5.60. The van der Waals surface area contributed by atoms with Gasteiger partial charge in [0.25, 0.3) is 0 Å². The Bertz CT molecular complexity index is 547. The summed E-state index contributed by atoms with van der Waals surface area (Å²) in [6.07, 6.45) is 1.03. The van der Waals surface area contributed by atoms with Gasteiger partial charge in [0.15, 0.2) is 0 Å². The molecule has 1 N–H and O–H groups in total. The Morgan fingerprint density at radius 2 is 2.00 bits per heavy atom. The van der Waals surface area contributed by atoms with Crippen LogP contribution in [-0.2, 0) is 0 Å². The molecule has 2 rings (SSSR count). The molecule has 0 spiro atoms. The van der Waals surface area contributed by atoms with E-state index in [-0.39, 0.29) is 0 Å². The van der Waals surface area contributed by atoms with Crippen molar-refractivity contribution in [2.75, 3.05) is 6.54 Å². The lowest BCUT2D eigenvalue weighted by molar-refractivity contribution is 0.417. The van der Waals surface area contributed by atoms with Crippen molar-refractivity contribution in [3.63, 3.8) is 0 Å². The summed E-state index contributed by atoms with van der Waals surface area (Å²) in [6.45, 7) is 7.33. The molecule has 2 aromatic rings. The number of nitrogens with one attached hydrogen (secondary N) is 1. The molecule has 0 bridgehead atoms. The van der Waals surface area contributed by atoms with Gasteiger partial charge in [0.1, 0.15) is 11.5 Å². The minimum Gasteiger partial charge on any atom is -0.459 e. The Morgan fingerprint density at radius 3 is 2.63 bits per heavy atom. The van der Waals surface area contributed by atoms with Crippen molar-refractivity contribution in [3.05, 3.63) is 46.1 Å². The first-order valence-electron chi connectivity index (χ1n) is 6.75. The Balaban J connectivity index is 2.29. The molecular weight excluding hydrogens is 302 g/mol. The molecule has 0 fully saturated rings. The fourth-order valence-corrected chi connectivity index (χ4v) is 2.76.